The maximum absolute atomic E-state index is 5.27. The summed E-state index contributed by atoms with van der Waals surface area (Å²) in [5.41, 5.74) is 5.27. The number of anilines is 1. The Morgan fingerprint density at radius 2 is 2.44 bits per heavy atom. The molecule has 0 saturated carbocycles. The SMILES string of the molecule is Nc1ccnc(OS)n1. The molecule has 0 radical (unpaired) electrons. The van der Waals surface area contributed by atoms with Crippen molar-refractivity contribution in [2.45, 2.75) is 0 Å². The average Bonchev–Trinajstić information content (AvgIpc) is 1.88. The Labute approximate surface area is 57.7 Å². The Hall–Kier alpha value is -0.970. The highest BCUT2D eigenvalue weighted by Gasteiger charge is 1.91. The fraction of sp³-hybridized carbons (Fsp3) is 0. The molecule has 0 aliphatic carbocycles. The van der Waals surface area contributed by atoms with E-state index in [0.29, 0.717) is 5.82 Å². The molecule has 1 rings (SSSR count). The van der Waals surface area contributed by atoms with Gasteiger partial charge in [0, 0.05) is 19.1 Å². The molecule has 1 aromatic rings. The van der Waals surface area contributed by atoms with Crippen LogP contribution in [0.25, 0.3) is 0 Å². The minimum absolute atomic E-state index is 0.165. The Kier molecular flexibility index (Phi) is 1.74. The number of rotatable bonds is 1. The second kappa shape index (κ2) is 2.54. The number of thiol groups is 1. The molecule has 9 heavy (non-hydrogen) atoms. The highest BCUT2D eigenvalue weighted by atomic mass is 32.1. The zero-order valence-corrected chi connectivity index (χ0v) is 5.38. The molecule has 0 saturated heterocycles. The van der Waals surface area contributed by atoms with Crippen molar-refractivity contribution in [1.82, 2.24) is 9.97 Å². The summed E-state index contributed by atoms with van der Waals surface area (Å²) >= 11 is 3.48. The van der Waals surface area contributed by atoms with Crippen molar-refractivity contribution in [2.24, 2.45) is 0 Å². The second-order valence-electron chi connectivity index (χ2n) is 1.36. The van der Waals surface area contributed by atoms with Crippen molar-refractivity contribution in [2.75, 3.05) is 5.73 Å². The van der Waals surface area contributed by atoms with Gasteiger partial charge in [-0.1, -0.05) is 0 Å². The molecule has 1 aromatic heterocycles. The summed E-state index contributed by atoms with van der Waals surface area (Å²) in [6.45, 7) is 0. The predicted octanol–water partition coefficient (Wildman–Crippen LogP) is 0.282. The van der Waals surface area contributed by atoms with E-state index < -0.39 is 0 Å². The molecule has 48 valence electrons. The van der Waals surface area contributed by atoms with Crippen LogP contribution in [0.3, 0.4) is 0 Å². The molecule has 1 heterocycles. The molecule has 0 fully saturated rings. The minimum atomic E-state index is 0.165. The predicted molar refractivity (Wildman–Crippen MR) is 36.1 cm³/mol. The number of nitrogens with two attached hydrogens (primary N) is 1. The highest BCUT2D eigenvalue weighted by molar-refractivity contribution is 7.75. The first kappa shape index (κ1) is 6.15. The van der Waals surface area contributed by atoms with Crippen LogP contribution in [0, 0.1) is 0 Å². The average molecular weight is 143 g/mol. The van der Waals surface area contributed by atoms with E-state index in [1.165, 1.54) is 6.20 Å². The Balaban J connectivity index is 2.94. The third kappa shape index (κ3) is 1.46. The summed E-state index contributed by atoms with van der Waals surface area (Å²) in [5, 5.41) is 0. The standard InChI is InChI=1S/C4H5N3OS/c5-3-1-2-6-4(7-3)8-9/h1-2,9H,(H2,5,6,7). The number of hydrogen-bond donors (Lipinski definition) is 2. The van der Waals surface area contributed by atoms with Gasteiger partial charge in [-0.15, -0.1) is 0 Å². The van der Waals surface area contributed by atoms with E-state index in [0.717, 1.165) is 0 Å². The normalized spacial score (nSPS) is 9.00. The zero-order valence-electron chi connectivity index (χ0n) is 4.48. The number of hydrogen-bond acceptors (Lipinski definition) is 5. The summed E-state index contributed by atoms with van der Waals surface area (Å²) in [7, 11) is 0. The quantitative estimate of drug-likeness (QED) is 0.438. The largest absolute Gasteiger partial charge is 0.392 e. The van der Waals surface area contributed by atoms with E-state index in [4.69, 9.17) is 5.73 Å². The van der Waals surface area contributed by atoms with Crippen molar-refractivity contribution in [3.05, 3.63) is 12.3 Å². The summed E-state index contributed by atoms with van der Waals surface area (Å²) < 4.78 is 4.39. The second-order valence-corrected chi connectivity index (χ2v) is 1.54. The van der Waals surface area contributed by atoms with Gasteiger partial charge in [-0.05, 0) is 6.07 Å². The molecule has 0 unspecified atom stereocenters. The molecule has 2 N–H and O–H groups in total. The van der Waals surface area contributed by atoms with E-state index in [-0.39, 0.29) is 6.01 Å². The fourth-order valence-electron chi connectivity index (χ4n) is 0.398. The first-order valence-electron chi connectivity index (χ1n) is 2.23. The summed E-state index contributed by atoms with van der Waals surface area (Å²) in [4.78, 5) is 7.33. The van der Waals surface area contributed by atoms with Crippen molar-refractivity contribution in [1.29, 1.82) is 0 Å². The summed E-state index contributed by atoms with van der Waals surface area (Å²) in [6, 6.07) is 1.73. The van der Waals surface area contributed by atoms with E-state index in [2.05, 4.69) is 27.1 Å². The fourth-order valence-corrected chi connectivity index (χ4v) is 0.486. The molecule has 4 nitrogen and oxygen atoms in total. The molecule has 0 amide bonds. The van der Waals surface area contributed by atoms with Gasteiger partial charge < -0.3 is 9.92 Å². The lowest BCUT2D eigenvalue weighted by Crippen LogP contribution is -1.92. The van der Waals surface area contributed by atoms with Gasteiger partial charge in [0.1, 0.15) is 5.82 Å². The zero-order chi connectivity index (χ0) is 6.69. The first-order chi connectivity index (χ1) is 4.33. The van der Waals surface area contributed by atoms with Crippen LogP contribution in [0.5, 0.6) is 6.01 Å². The van der Waals surface area contributed by atoms with Gasteiger partial charge in [-0.3, -0.25) is 0 Å². The van der Waals surface area contributed by atoms with Crippen LogP contribution in [0.4, 0.5) is 5.82 Å². The van der Waals surface area contributed by atoms with Crippen molar-refractivity contribution < 1.29 is 4.18 Å². The Morgan fingerprint density at radius 1 is 1.67 bits per heavy atom. The molecular formula is C4H5N3OS. The number of nitrogen functional groups attached to an aromatic ring is 1. The molecule has 0 aliphatic heterocycles. The molecule has 0 bridgehead atoms. The van der Waals surface area contributed by atoms with E-state index in [1.807, 2.05) is 0 Å². The maximum Gasteiger partial charge on any atom is 0.330 e. The Morgan fingerprint density at radius 3 is 2.89 bits per heavy atom. The molecule has 0 aromatic carbocycles. The first-order valence-corrected chi connectivity index (χ1v) is 2.59. The van der Waals surface area contributed by atoms with E-state index in [1.54, 1.807) is 6.07 Å². The lowest BCUT2D eigenvalue weighted by atomic mass is 10.6. The van der Waals surface area contributed by atoms with E-state index in [9.17, 15) is 0 Å². The summed E-state index contributed by atoms with van der Waals surface area (Å²) in [6.07, 6.45) is 1.49. The third-order valence-electron chi connectivity index (χ3n) is 0.737. The van der Waals surface area contributed by atoms with Crippen LogP contribution in [0.1, 0.15) is 0 Å². The van der Waals surface area contributed by atoms with Gasteiger partial charge in [0.25, 0.3) is 0 Å². The lowest BCUT2D eigenvalue weighted by molar-refractivity contribution is 0.596. The monoisotopic (exact) mass is 143 g/mol. The van der Waals surface area contributed by atoms with Gasteiger partial charge in [-0.25, -0.2) is 4.98 Å². The van der Waals surface area contributed by atoms with Gasteiger partial charge in [0.2, 0.25) is 0 Å². The van der Waals surface area contributed by atoms with Crippen LogP contribution >= 0.6 is 12.9 Å². The van der Waals surface area contributed by atoms with Crippen molar-refractivity contribution in [3.8, 4) is 6.01 Å². The lowest BCUT2D eigenvalue weighted by Gasteiger charge is -1.93. The van der Waals surface area contributed by atoms with Gasteiger partial charge >= 0.3 is 6.01 Å². The smallest absolute Gasteiger partial charge is 0.330 e. The van der Waals surface area contributed by atoms with Crippen LogP contribution in [-0.2, 0) is 0 Å². The molecule has 0 spiro atoms. The maximum atomic E-state index is 5.27. The molecular weight excluding hydrogens is 138 g/mol. The third-order valence-corrected chi connectivity index (χ3v) is 0.900. The van der Waals surface area contributed by atoms with Gasteiger partial charge in [0.05, 0.1) is 0 Å². The molecule has 5 heteroatoms. The minimum Gasteiger partial charge on any atom is -0.392 e. The van der Waals surface area contributed by atoms with Crippen LogP contribution in [0.15, 0.2) is 12.3 Å². The Bertz CT molecular complexity index is 205. The van der Waals surface area contributed by atoms with Crippen LogP contribution in [0.2, 0.25) is 0 Å². The van der Waals surface area contributed by atoms with Crippen molar-refractivity contribution >= 4 is 18.7 Å². The van der Waals surface area contributed by atoms with Crippen LogP contribution < -0.4 is 9.92 Å². The van der Waals surface area contributed by atoms with Crippen LogP contribution in [-0.4, -0.2) is 9.97 Å². The van der Waals surface area contributed by atoms with E-state index >= 15 is 0 Å². The van der Waals surface area contributed by atoms with Gasteiger partial charge in [0.15, 0.2) is 0 Å². The molecule has 0 aliphatic rings. The topological polar surface area (TPSA) is 61.0 Å². The number of aromatic nitrogens is 2. The molecule has 0 atom stereocenters. The number of nitrogens with zero attached hydrogens (tertiary/aromatic N) is 2. The highest BCUT2D eigenvalue weighted by Crippen LogP contribution is 2.03. The van der Waals surface area contributed by atoms with Crippen molar-refractivity contribution in [3.63, 3.8) is 0 Å². The summed E-state index contributed by atoms with van der Waals surface area (Å²) in [5.74, 6) is 0.369. The van der Waals surface area contributed by atoms with Gasteiger partial charge in [-0.2, -0.15) is 4.98 Å².